The third-order valence-corrected chi connectivity index (χ3v) is 4.76. The van der Waals surface area contributed by atoms with Gasteiger partial charge in [0.1, 0.15) is 0 Å². The molecule has 1 heterocycles. The smallest absolute Gasteiger partial charge is 0.269 e. The first kappa shape index (κ1) is 14.7. The van der Waals surface area contributed by atoms with E-state index in [9.17, 15) is 10.1 Å². The molecule has 114 valence electrons. The number of fused-ring (bicyclic) bond motifs is 1. The monoisotopic (exact) mass is 317 g/mol. The fraction of sp³-hybridized carbons (Fsp3) is 0.250. The Hall–Kier alpha value is -2.21. The van der Waals surface area contributed by atoms with Gasteiger partial charge in [0.05, 0.1) is 4.92 Å². The van der Waals surface area contributed by atoms with Crippen LogP contribution in [-0.2, 0) is 5.75 Å². The number of nitrogens with zero attached hydrogens (tertiary/aromatic N) is 1. The van der Waals surface area contributed by atoms with Crippen LogP contribution in [0.1, 0.15) is 23.3 Å². The van der Waals surface area contributed by atoms with Gasteiger partial charge in [-0.05, 0) is 30.2 Å². The molecule has 0 unspecified atom stereocenters. The van der Waals surface area contributed by atoms with Crippen LogP contribution in [0.25, 0.3) is 0 Å². The predicted molar refractivity (Wildman–Crippen MR) is 85.4 cm³/mol. The van der Waals surface area contributed by atoms with Crippen LogP contribution in [0.5, 0.6) is 11.5 Å². The van der Waals surface area contributed by atoms with Gasteiger partial charge in [-0.1, -0.05) is 18.2 Å². The molecule has 0 N–H and O–H groups in total. The lowest BCUT2D eigenvalue weighted by atomic mass is 10.1. The Bertz CT molecular complexity index is 704. The summed E-state index contributed by atoms with van der Waals surface area (Å²) in [5, 5.41) is 11.0. The van der Waals surface area contributed by atoms with Gasteiger partial charge in [0.25, 0.3) is 5.69 Å². The van der Waals surface area contributed by atoms with Gasteiger partial charge in [0.15, 0.2) is 11.5 Å². The van der Waals surface area contributed by atoms with Crippen molar-refractivity contribution >= 4 is 17.4 Å². The summed E-state index contributed by atoms with van der Waals surface area (Å²) >= 11 is 1.73. The summed E-state index contributed by atoms with van der Waals surface area (Å²) in [6, 6.07) is 12.7. The third-order valence-electron chi connectivity index (χ3n) is 3.49. The Morgan fingerprint density at radius 2 is 2.05 bits per heavy atom. The molecule has 0 amide bonds. The van der Waals surface area contributed by atoms with Gasteiger partial charge in [-0.15, -0.1) is 11.8 Å². The SMILES string of the molecule is C[C@H](SCc1ccc2c(c1)OCO2)c1cccc([N+](=O)[O-])c1. The van der Waals surface area contributed by atoms with E-state index in [1.165, 1.54) is 6.07 Å². The molecular weight excluding hydrogens is 302 g/mol. The summed E-state index contributed by atoms with van der Waals surface area (Å²) in [6.45, 7) is 2.33. The molecule has 0 fully saturated rings. The van der Waals surface area contributed by atoms with Crippen LogP contribution in [0.15, 0.2) is 42.5 Å². The molecule has 6 heteroatoms. The van der Waals surface area contributed by atoms with Crippen molar-refractivity contribution in [1.82, 2.24) is 0 Å². The highest BCUT2D eigenvalue weighted by atomic mass is 32.2. The highest BCUT2D eigenvalue weighted by molar-refractivity contribution is 7.98. The Kier molecular flexibility index (Phi) is 4.20. The average molecular weight is 317 g/mol. The Labute approximate surface area is 132 Å². The van der Waals surface area contributed by atoms with Crippen molar-refractivity contribution in [2.45, 2.75) is 17.9 Å². The highest BCUT2D eigenvalue weighted by Crippen LogP contribution is 2.36. The lowest BCUT2D eigenvalue weighted by molar-refractivity contribution is -0.384. The fourth-order valence-corrected chi connectivity index (χ4v) is 3.20. The van der Waals surface area contributed by atoms with Crippen LogP contribution in [0.2, 0.25) is 0 Å². The van der Waals surface area contributed by atoms with Gasteiger partial charge in [0.2, 0.25) is 6.79 Å². The van der Waals surface area contributed by atoms with Gasteiger partial charge in [-0.2, -0.15) is 0 Å². The average Bonchev–Trinajstić information content (AvgIpc) is 3.00. The number of non-ortho nitro benzene ring substituents is 1. The minimum Gasteiger partial charge on any atom is -0.454 e. The molecule has 22 heavy (non-hydrogen) atoms. The fourth-order valence-electron chi connectivity index (χ4n) is 2.24. The Morgan fingerprint density at radius 3 is 2.86 bits per heavy atom. The van der Waals surface area contributed by atoms with Gasteiger partial charge in [-0.25, -0.2) is 0 Å². The van der Waals surface area contributed by atoms with Crippen molar-refractivity contribution in [2.75, 3.05) is 6.79 Å². The molecular formula is C16H15NO4S. The van der Waals surface area contributed by atoms with Crippen LogP contribution in [-0.4, -0.2) is 11.7 Å². The second kappa shape index (κ2) is 6.27. The van der Waals surface area contributed by atoms with Gasteiger partial charge < -0.3 is 9.47 Å². The van der Waals surface area contributed by atoms with E-state index < -0.39 is 0 Å². The summed E-state index contributed by atoms with van der Waals surface area (Å²) in [4.78, 5) is 10.5. The minimum atomic E-state index is -0.362. The number of thioether (sulfide) groups is 1. The normalized spacial score (nSPS) is 13.9. The zero-order valence-corrected chi connectivity index (χ0v) is 12.8. The van der Waals surface area contributed by atoms with Crippen LogP contribution in [0.3, 0.4) is 0 Å². The first-order valence-electron chi connectivity index (χ1n) is 6.88. The molecule has 1 aliphatic rings. The molecule has 0 bridgehead atoms. The molecule has 0 saturated carbocycles. The van der Waals surface area contributed by atoms with E-state index in [1.54, 1.807) is 23.9 Å². The van der Waals surface area contributed by atoms with Crippen LogP contribution < -0.4 is 9.47 Å². The molecule has 0 radical (unpaired) electrons. The molecule has 0 aliphatic carbocycles. The molecule has 1 atom stereocenters. The van der Waals surface area contributed by atoms with E-state index in [0.29, 0.717) is 0 Å². The summed E-state index contributed by atoms with van der Waals surface area (Å²) < 4.78 is 10.7. The summed E-state index contributed by atoms with van der Waals surface area (Å²) in [5.41, 5.74) is 2.24. The van der Waals surface area contributed by atoms with Crippen LogP contribution in [0, 0.1) is 10.1 Å². The predicted octanol–water partition coefficient (Wildman–Crippen LogP) is 4.32. The van der Waals surface area contributed by atoms with Crippen molar-refractivity contribution < 1.29 is 14.4 Å². The minimum absolute atomic E-state index is 0.132. The number of benzene rings is 2. The second-order valence-electron chi connectivity index (χ2n) is 4.99. The van der Waals surface area contributed by atoms with E-state index in [1.807, 2.05) is 24.3 Å². The lowest BCUT2D eigenvalue weighted by Crippen LogP contribution is -1.93. The van der Waals surface area contributed by atoms with Crippen molar-refractivity contribution in [3.05, 3.63) is 63.7 Å². The van der Waals surface area contributed by atoms with Crippen molar-refractivity contribution in [3.8, 4) is 11.5 Å². The van der Waals surface area contributed by atoms with Crippen molar-refractivity contribution in [1.29, 1.82) is 0 Å². The first-order valence-corrected chi connectivity index (χ1v) is 7.93. The van der Waals surface area contributed by atoms with Gasteiger partial charge in [-0.3, -0.25) is 10.1 Å². The molecule has 0 spiro atoms. The molecule has 5 nitrogen and oxygen atoms in total. The third kappa shape index (κ3) is 3.17. The maximum absolute atomic E-state index is 10.8. The molecule has 1 aliphatic heterocycles. The topological polar surface area (TPSA) is 61.6 Å². The Balaban J connectivity index is 1.66. The number of hydrogen-bond acceptors (Lipinski definition) is 5. The van der Waals surface area contributed by atoms with E-state index in [-0.39, 0.29) is 22.7 Å². The zero-order chi connectivity index (χ0) is 15.5. The van der Waals surface area contributed by atoms with E-state index >= 15 is 0 Å². The van der Waals surface area contributed by atoms with Gasteiger partial charge >= 0.3 is 0 Å². The quantitative estimate of drug-likeness (QED) is 0.607. The number of rotatable bonds is 5. The number of ether oxygens (including phenoxy) is 2. The zero-order valence-electron chi connectivity index (χ0n) is 12.0. The summed E-state index contributed by atoms with van der Waals surface area (Å²) in [6.07, 6.45) is 0. The van der Waals surface area contributed by atoms with E-state index in [4.69, 9.17) is 9.47 Å². The van der Waals surface area contributed by atoms with Crippen LogP contribution in [0.4, 0.5) is 5.69 Å². The van der Waals surface area contributed by atoms with Gasteiger partial charge in [0, 0.05) is 23.1 Å². The second-order valence-corrected chi connectivity index (χ2v) is 6.32. The van der Waals surface area contributed by atoms with E-state index in [2.05, 4.69) is 6.92 Å². The van der Waals surface area contributed by atoms with Crippen molar-refractivity contribution in [3.63, 3.8) is 0 Å². The lowest BCUT2D eigenvalue weighted by Gasteiger charge is -2.11. The summed E-state index contributed by atoms with van der Waals surface area (Å²) in [7, 11) is 0. The largest absolute Gasteiger partial charge is 0.454 e. The maximum Gasteiger partial charge on any atom is 0.269 e. The standard InChI is InChI=1S/C16H15NO4S/c1-11(13-3-2-4-14(8-13)17(18)19)22-9-12-5-6-15-16(7-12)21-10-20-15/h2-8,11H,9-10H2,1H3/t11-/m0/s1. The Morgan fingerprint density at radius 1 is 1.23 bits per heavy atom. The molecule has 0 saturated heterocycles. The van der Waals surface area contributed by atoms with Crippen LogP contribution >= 0.6 is 11.8 Å². The maximum atomic E-state index is 10.8. The number of hydrogen-bond donors (Lipinski definition) is 0. The molecule has 2 aromatic carbocycles. The molecule has 3 rings (SSSR count). The number of nitro groups is 1. The molecule has 2 aromatic rings. The van der Waals surface area contributed by atoms with Crippen molar-refractivity contribution in [2.24, 2.45) is 0 Å². The highest BCUT2D eigenvalue weighted by Gasteiger charge is 2.15. The van der Waals surface area contributed by atoms with E-state index in [0.717, 1.165) is 28.4 Å². The first-order chi connectivity index (χ1) is 10.6. The summed E-state index contributed by atoms with van der Waals surface area (Å²) in [5.74, 6) is 2.36. The number of nitro benzene ring substituents is 1. The molecule has 0 aromatic heterocycles.